The van der Waals surface area contributed by atoms with Crippen LogP contribution in [0.3, 0.4) is 0 Å². The highest BCUT2D eigenvalue weighted by molar-refractivity contribution is 7.07. The third-order valence-corrected chi connectivity index (χ3v) is 5.98. The Labute approximate surface area is 198 Å². The first-order chi connectivity index (χ1) is 16.5. The van der Waals surface area contributed by atoms with Crippen molar-refractivity contribution in [1.82, 2.24) is 4.57 Å². The van der Waals surface area contributed by atoms with Gasteiger partial charge in [0.1, 0.15) is 22.3 Å². The summed E-state index contributed by atoms with van der Waals surface area (Å²) in [6, 6.07) is 23.1. The molecule has 0 saturated heterocycles. The van der Waals surface area contributed by atoms with E-state index in [1.165, 1.54) is 28.8 Å². The molecule has 0 unspecified atom stereocenters. The Balaban J connectivity index is 1.93. The summed E-state index contributed by atoms with van der Waals surface area (Å²) in [6.45, 7) is 0. The molecule has 4 rings (SSSR count). The molecule has 34 heavy (non-hydrogen) atoms. The third-order valence-electron chi connectivity index (χ3n) is 4.88. The van der Waals surface area contributed by atoms with E-state index >= 15 is 0 Å². The Hall–Kier alpha value is -4.48. The molecule has 0 aliphatic rings. The Morgan fingerprint density at radius 2 is 1.82 bits per heavy atom. The number of thiazole rings is 1. The van der Waals surface area contributed by atoms with Gasteiger partial charge >= 0.3 is 0 Å². The van der Waals surface area contributed by atoms with Gasteiger partial charge in [-0.1, -0.05) is 30.3 Å². The number of halogens is 1. The molecule has 0 saturated carbocycles. The molecule has 0 aliphatic carbocycles. The second-order valence-electron chi connectivity index (χ2n) is 7.12. The molecule has 168 valence electrons. The van der Waals surface area contributed by atoms with Crippen LogP contribution in [0.4, 0.5) is 10.1 Å². The van der Waals surface area contributed by atoms with E-state index in [9.17, 15) is 19.2 Å². The highest BCUT2D eigenvalue weighted by Crippen LogP contribution is 2.13. The number of ether oxygens (including phenoxy) is 1. The second-order valence-corrected chi connectivity index (χ2v) is 8.15. The average molecular weight is 472 g/mol. The van der Waals surface area contributed by atoms with E-state index in [0.29, 0.717) is 21.7 Å². The van der Waals surface area contributed by atoms with Crippen LogP contribution < -0.4 is 24.8 Å². The molecular weight excluding hydrogens is 453 g/mol. The van der Waals surface area contributed by atoms with Crippen LogP contribution in [0, 0.1) is 17.1 Å². The number of carbonyl (C=O) groups excluding carboxylic acids is 1. The normalized spacial score (nSPS) is 12.1. The fourth-order valence-corrected chi connectivity index (χ4v) is 4.37. The molecule has 1 aromatic heterocycles. The minimum absolute atomic E-state index is 0.187. The number of benzene rings is 3. The maximum absolute atomic E-state index is 13.4. The molecule has 0 radical (unpaired) electrons. The van der Waals surface area contributed by atoms with Crippen molar-refractivity contribution in [1.29, 1.82) is 5.26 Å². The summed E-state index contributed by atoms with van der Waals surface area (Å²) in [6.07, 6.45) is 1.69. The van der Waals surface area contributed by atoms with E-state index in [4.69, 9.17) is 4.74 Å². The molecule has 6 nitrogen and oxygen atoms in total. The van der Waals surface area contributed by atoms with Crippen molar-refractivity contribution < 1.29 is 13.9 Å². The lowest BCUT2D eigenvalue weighted by Crippen LogP contribution is -2.32. The van der Waals surface area contributed by atoms with Crippen LogP contribution in [0.5, 0.6) is 5.75 Å². The SMILES string of the molecule is COc1cccc(/C=c2/s/c(=C(/C#N)C(=O)Nc3ccc(F)cc3)n(-c3ccccc3)c2=O)c1. The lowest BCUT2D eigenvalue weighted by Gasteiger charge is -2.05. The van der Waals surface area contributed by atoms with E-state index in [1.54, 1.807) is 61.7 Å². The minimum Gasteiger partial charge on any atom is -0.497 e. The van der Waals surface area contributed by atoms with Gasteiger partial charge in [-0.3, -0.25) is 14.2 Å². The smallest absolute Gasteiger partial charge is 0.273 e. The largest absolute Gasteiger partial charge is 0.497 e. The van der Waals surface area contributed by atoms with Crippen molar-refractivity contribution >= 4 is 34.6 Å². The molecular formula is C26H18FN3O3S. The van der Waals surface area contributed by atoms with Gasteiger partial charge in [0.05, 0.1) is 17.3 Å². The van der Waals surface area contributed by atoms with Gasteiger partial charge in [0.15, 0.2) is 5.57 Å². The lowest BCUT2D eigenvalue weighted by atomic mass is 10.2. The van der Waals surface area contributed by atoms with Crippen LogP contribution in [-0.4, -0.2) is 17.6 Å². The molecule has 0 spiro atoms. The third kappa shape index (κ3) is 4.80. The van der Waals surface area contributed by atoms with Gasteiger partial charge < -0.3 is 10.1 Å². The first-order valence-electron chi connectivity index (χ1n) is 10.1. The summed E-state index contributed by atoms with van der Waals surface area (Å²) < 4.78 is 20.3. The van der Waals surface area contributed by atoms with Crippen molar-refractivity contribution in [2.75, 3.05) is 12.4 Å². The summed E-state index contributed by atoms with van der Waals surface area (Å²) in [5, 5.41) is 12.4. The van der Waals surface area contributed by atoms with Crippen molar-refractivity contribution in [3.63, 3.8) is 0 Å². The quantitative estimate of drug-likeness (QED) is 0.485. The van der Waals surface area contributed by atoms with Crippen LogP contribution in [0.15, 0.2) is 83.7 Å². The zero-order valence-electron chi connectivity index (χ0n) is 18.0. The van der Waals surface area contributed by atoms with Crippen molar-refractivity contribution in [3.8, 4) is 17.5 Å². The summed E-state index contributed by atoms with van der Waals surface area (Å²) in [4.78, 5) is 26.4. The number of nitrogens with one attached hydrogen (secondary N) is 1. The number of amides is 1. The molecule has 8 heteroatoms. The highest BCUT2D eigenvalue weighted by Gasteiger charge is 2.17. The lowest BCUT2D eigenvalue weighted by molar-refractivity contribution is -0.111. The predicted octanol–water partition coefficient (Wildman–Crippen LogP) is 3.19. The van der Waals surface area contributed by atoms with Gasteiger partial charge in [-0.15, -0.1) is 11.3 Å². The molecule has 1 amide bonds. The van der Waals surface area contributed by atoms with Gasteiger partial charge in [-0.25, -0.2) is 4.39 Å². The minimum atomic E-state index is -0.701. The van der Waals surface area contributed by atoms with Crippen LogP contribution in [0.25, 0.3) is 17.3 Å². The number of aromatic nitrogens is 1. The van der Waals surface area contributed by atoms with Crippen LogP contribution in [0.2, 0.25) is 0 Å². The number of nitriles is 1. The van der Waals surface area contributed by atoms with E-state index in [-0.39, 0.29) is 15.8 Å². The van der Waals surface area contributed by atoms with E-state index < -0.39 is 11.7 Å². The van der Waals surface area contributed by atoms with Crippen molar-refractivity contribution in [2.45, 2.75) is 0 Å². The first kappa shape index (κ1) is 22.7. The van der Waals surface area contributed by atoms with Gasteiger partial charge in [-0.2, -0.15) is 5.26 Å². The molecule has 0 atom stereocenters. The maximum atomic E-state index is 13.4. The van der Waals surface area contributed by atoms with Crippen LogP contribution in [-0.2, 0) is 4.79 Å². The van der Waals surface area contributed by atoms with E-state index in [0.717, 1.165) is 16.9 Å². The zero-order valence-corrected chi connectivity index (χ0v) is 18.8. The van der Waals surface area contributed by atoms with Crippen molar-refractivity contribution in [3.05, 3.63) is 110 Å². The topological polar surface area (TPSA) is 84.1 Å². The predicted molar refractivity (Wildman–Crippen MR) is 130 cm³/mol. The monoisotopic (exact) mass is 471 g/mol. The highest BCUT2D eigenvalue weighted by atomic mass is 32.1. The van der Waals surface area contributed by atoms with Gasteiger partial charge in [0.2, 0.25) is 0 Å². The Morgan fingerprint density at radius 3 is 2.50 bits per heavy atom. The molecule has 1 N–H and O–H groups in total. The van der Waals surface area contributed by atoms with Crippen LogP contribution in [0.1, 0.15) is 5.56 Å². The summed E-state index contributed by atoms with van der Waals surface area (Å²) in [5.74, 6) is -0.513. The number of carbonyl (C=O) groups is 1. The Bertz CT molecular complexity index is 1570. The van der Waals surface area contributed by atoms with Crippen molar-refractivity contribution in [2.24, 2.45) is 0 Å². The fourth-order valence-electron chi connectivity index (χ4n) is 3.27. The maximum Gasteiger partial charge on any atom is 0.273 e. The molecule has 0 bridgehead atoms. The fraction of sp³-hybridized carbons (Fsp3) is 0.0385. The molecule has 0 aliphatic heterocycles. The molecule has 3 aromatic carbocycles. The number of para-hydroxylation sites is 1. The molecule has 0 fully saturated rings. The Kier molecular flexibility index (Phi) is 6.67. The number of anilines is 1. The summed E-state index contributed by atoms with van der Waals surface area (Å²) in [7, 11) is 1.55. The number of methoxy groups -OCH3 is 1. The zero-order chi connectivity index (χ0) is 24.1. The second kappa shape index (κ2) is 9.98. The summed E-state index contributed by atoms with van der Waals surface area (Å²) >= 11 is 1.04. The van der Waals surface area contributed by atoms with E-state index in [2.05, 4.69) is 5.32 Å². The standard InChI is InChI=1S/C26H18FN3O3S/c1-33-21-9-5-6-17(14-21)15-23-25(32)30(20-7-3-2-4-8-20)26(34-23)22(16-28)24(31)29-19-12-10-18(27)11-13-19/h2-15H,1H3,(H,29,31)/b23-15+,26-22-. The number of hydrogen-bond acceptors (Lipinski definition) is 5. The van der Waals surface area contributed by atoms with E-state index in [1.807, 2.05) is 12.1 Å². The average Bonchev–Trinajstić information content (AvgIpc) is 3.17. The van der Waals surface area contributed by atoms with Gasteiger partial charge in [0.25, 0.3) is 11.5 Å². The number of hydrogen-bond donors (Lipinski definition) is 1. The molecule has 4 aromatic rings. The Morgan fingerprint density at radius 1 is 1.09 bits per heavy atom. The molecule has 1 heterocycles. The number of nitrogens with zero attached hydrogens (tertiary/aromatic N) is 2. The number of rotatable bonds is 5. The van der Waals surface area contributed by atoms with Gasteiger partial charge in [-0.05, 0) is 60.2 Å². The summed E-state index contributed by atoms with van der Waals surface area (Å²) in [5.41, 5.74) is 0.981. The van der Waals surface area contributed by atoms with Gasteiger partial charge in [0, 0.05) is 5.69 Å². The first-order valence-corrected chi connectivity index (χ1v) is 11.0. The van der Waals surface area contributed by atoms with Crippen LogP contribution >= 0.6 is 11.3 Å².